The second-order valence-electron chi connectivity index (χ2n) is 16.0. The Bertz CT molecular complexity index is 1700. The van der Waals surface area contributed by atoms with Crippen LogP contribution in [-0.2, 0) is 9.59 Å². The van der Waals surface area contributed by atoms with E-state index in [0.29, 0.717) is 31.1 Å². The van der Waals surface area contributed by atoms with Crippen LogP contribution in [0.3, 0.4) is 0 Å². The molecule has 254 valence electrons. The zero-order valence-electron chi connectivity index (χ0n) is 30.4. The molecule has 0 radical (unpaired) electrons. The molecule has 3 N–H and O–H groups in total. The summed E-state index contributed by atoms with van der Waals surface area (Å²) >= 11 is 0. The topological polar surface area (TPSA) is 99.2 Å². The molecule has 3 aromatic rings. The average Bonchev–Trinajstić information content (AvgIpc) is 3.67. The summed E-state index contributed by atoms with van der Waals surface area (Å²) in [4.78, 5) is 38.0. The molecular weight excluding hydrogens is 594 g/mol. The van der Waals surface area contributed by atoms with Crippen molar-refractivity contribution in [2.75, 3.05) is 0 Å². The third-order valence-electron chi connectivity index (χ3n) is 8.29. The normalized spacial score (nSPS) is 14.6. The molecule has 1 aliphatic heterocycles. The summed E-state index contributed by atoms with van der Waals surface area (Å²) in [6.07, 6.45) is 5.46. The van der Waals surface area contributed by atoms with Gasteiger partial charge in [-0.3, -0.25) is 14.6 Å². The number of nitrogens with one attached hydrogen (secondary N) is 3. The number of aromatic nitrogens is 2. The molecule has 48 heavy (non-hydrogen) atoms. The number of carbonyl (C=O) groups is 2. The summed E-state index contributed by atoms with van der Waals surface area (Å²) in [6, 6.07) is 16.0. The lowest BCUT2D eigenvalue weighted by molar-refractivity contribution is -0.124. The third-order valence-corrected chi connectivity index (χ3v) is 8.29. The number of hydrogen-bond acceptors (Lipinski definition) is 4. The Kier molecular flexibility index (Phi) is 11.5. The Hall–Kier alpha value is -4.44. The van der Waals surface area contributed by atoms with E-state index in [1.807, 2.05) is 62.6 Å². The van der Waals surface area contributed by atoms with Gasteiger partial charge in [0.2, 0.25) is 11.8 Å². The van der Waals surface area contributed by atoms with Crippen LogP contribution < -0.4 is 10.6 Å². The van der Waals surface area contributed by atoms with E-state index < -0.39 is 0 Å². The minimum atomic E-state index is -0.226. The Balaban J connectivity index is 1.39. The highest BCUT2D eigenvalue weighted by molar-refractivity contribution is 6.03. The Labute approximate surface area is 287 Å². The van der Waals surface area contributed by atoms with Crippen LogP contribution in [-0.4, -0.2) is 33.5 Å². The molecule has 0 unspecified atom stereocenters. The zero-order valence-corrected chi connectivity index (χ0v) is 30.4. The van der Waals surface area contributed by atoms with Crippen molar-refractivity contribution >= 4 is 23.1 Å². The van der Waals surface area contributed by atoms with E-state index in [4.69, 9.17) is 4.99 Å². The molecule has 1 aromatic heterocycles. The number of amides is 2. The largest absolute Gasteiger partial charge is 0.348 e. The second kappa shape index (κ2) is 15.2. The maximum Gasteiger partial charge on any atom is 0.220 e. The lowest BCUT2D eigenvalue weighted by atomic mass is 9.82. The molecule has 2 atom stereocenters. The predicted molar refractivity (Wildman–Crippen MR) is 197 cm³/mol. The second-order valence-corrected chi connectivity index (χ2v) is 16.0. The summed E-state index contributed by atoms with van der Waals surface area (Å²) in [5.41, 5.74) is 6.65. The first-order valence-electron chi connectivity index (χ1n) is 17.1. The number of rotatable bonds is 10. The fraction of sp³-hybridized carbons (Fsp3) is 0.463. The molecule has 7 heteroatoms. The summed E-state index contributed by atoms with van der Waals surface area (Å²) in [6.45, 7) is 20.9. The number of benzene rings is 2. The minimum Gasteiger partial charge on any atom is -0.348 e. The number of imidazole rings is 1. The van der Waals surface area contributed by atoms with Crippen molar-refractivity contribution in [1.29, 1.82) is 0 Å². The van der Waals surface area contributed by atoms with Gasteiger partial charge in [0.05, 0.1) is 24.0 Å². The van der Waals surface area contributed by atoms with E-state index in [0.717, 1.165) is 45.1 Å². The lowest BCUT2D eigenvalue weighted by Crippen LogP contribution is -2.49. The van der Waals surface area contributed by atoms with Crippen LogP contribution in [0.25, 0.3) is 16.8 Å². The monoisotopic (exact) mass is 647 g/mol. The molecule has 2 amide bonds. The van der Waals surface area contributed by atoms with E-state index in [2.05, 4.69) is 100.0 Å². The lowest BCUT2D eigenvalue weighted by Gasteiger charge is -2.32. The van der Waals surface area contributed by atoms with Crippen LogP contribution in [0.5, 0.6) is 0 Å². The van der Waals surface area contributed by atoms with E-state index in [1.54, 1.807) is 0 Å². The summed E-state index contributed by atoms with van der Waals surface area (Å²) < 4.78 is 0. The van der Waals surface area contributed by atoms with Gasteiger partial charge in [0.15, 0.2) is 0 Å². The standard InChI is InChI=1S/C41H53N5O2/c1-26(2)21-35(47)45-37(40(5,6)7)33-23-32(24-42-33)30-17-13-28(14-18-30)11-12-29-15-19-31(20-16-29)34-25-43-39(44-34)38(41(8,9)10)46-36(48)22-27(3)4/h13-20,24-27,37-38H,21-23H2,1-10H3,(H,43,44)(H,45,47)(H,46,48)/t37-,38-/m1/s1. The molecule has 2 aromatic carbocycles. The number of nitrogens with zero attached hydrogens (tertiary/aromatic N) is 2. The van der Waals surface area contributed by atoms with Gasteiger partial charge in [0.25, 0.3) is 0 Å². The zero-order chi connectivity index (χ0) is 35.2. The van der Waals surface area contributed by atoms with Gasteiger partial charge in [-0.1, -0.05) is 105 Å². The summed E-state index contributed by atoms with van der Waals surface area (Å²) in [5, 5.41) is 6.42. The van der Waals surface area contributed by atoms with Crippen LogP contribution in [0, 0.1) is 34.5 Å². The van der Waals surface area contributed by atoms with Crippen LogP contribution in [0.2, 0.25) is 0 Å². The molecular formula is C41H53N5O2. The van der Waals surface area contributed by atoms with Gasteiger partial charge < -0.3 is 15.6 Å². The highest BCUT2D eigenvalue weighted by Crippen LogP contribution is 2.33. The highest BCUT2D eigenvalue weighted by atomic mass is 16.2. The number of aromatic amines is 1. The Morgan fingerprint density at radius 2 is 1.23 bits per heavy atom. The van der Waals surface area contributed by atoms with Crippen molar-refractivity contribution in [3.8, 4) is 23.1 Å². The molecule has 0 saturated carbocycles. The van der Waals surface area contributed by atoms with Crippen LogP contribution in [0.1, 0.15) is 117 Å². The first-order valence-corrected chi connectivity index (χ1v) is 17.1. The average molecular weight is 648 g/mol. The van der Waals surface area contributed by atoms with Crippen LogP contribution >= 0.6 is 0 Å². The van der Waals surface area contributed by atoms with E-state index in [9.17, 15) is 9.59 Å². The molecule has 7 nitrogen and oxygen atoms in total. The van der Waals surface area contributed by atoms with Gasteiger partial charge in [-0.05, 0) is 63.6 Å². The SMILES string of the molecule is CC(C)CC(=O)N[C@H](C1=NC=C(c2ccc(C#Cc3ccc(-c4cnc([C@@H](NC(=O)CC(C)C)C(C)(C)C)[nH]4)cc3)cc2)C1)C(C)(C)C. The number of H-pyrrole nitrogens is 1. The van der Waals surface area contributed by atoms with Crippen molar-refractivity contribution in [3.05, 3.63) is 83.4 Å². The predicted octanol–water partition coefficient (Wildman–Crippen LogP) is 8.49. The van der Waals surface area contributed by atoms with Gasteiger partial charge in [0.1, 0.15) is 5.82 Å². The van der Waals surface area contributed by atoms with Crippen LogP contribution in [0.15, 0.2) is 65.9 Å². The van der Waals surface area contributed by atoms with E-state index in [-0.39, 0.29) is 34.7 Å². The molecule has 0 fully saturated rings. The number of allylic oxidation sites excluding steroid dienone is 1. The van der Waals surface area contributed by atoms with E-state index >= 15 is 0 Å². The van der Waals surface area contributed by atoms with Crippen molar-refractivity contribution < 1.29 is 9.59 Å². The maximum absolute atomic E-state index is 12.6. The number of carbonyl (C=O) groups excluding carboxylic acids is 2. The molecule has 0 spiro atoms. The van der Waals surface area contributed by atoms with Crippen molar-refractivity contribution in [2.45, 2.75) is 101 Å². The fourth-order valence-electron chi connectivity index (χ4n) is 5.75. The molecule has 1 aliphatic rings. The fourth-order valence-corrected chi connectivity index (χ4v) is 5.75. The van der Waals surface area contributed by atoms with Crippen molar-refractivity contribution in [1.82, 2.24) is 20.6 Å². The summed E-state index contributed by atoms with van der Waals surface area (Å²) in [7, 11) is 0. The minimum absolute atomic E-state index is 0.0349. The number of hydrogen-bond donors (Lipinski definition) is 3. The molecule has 4 rings (SSSR count). The molecule has 0 aliphatic carbocycles. The van der Waals surface area contributed by atoms with Gasteiger partial charge >= 0.3 is 0 Å². The Morgan fingerprint density at radius 1 is 0.750 bits per heavy atom. The highest BCUT2D eigenvalue weighted by Gasteiger charge is 2.33. The van der Waals surface area contributed by atoms with Crippen LogP contribution in [0.4, 0.5) is 0 Å². The molecule has 0 bridgehead atoms. The van der Waals surface area contributed by atoms with Gasteiger partial charge in [-0.2, -0.15) is 0 Å². The summed E-state index contributed by atoms with van der Waals surface area (Å²) in [5.74, 6) is 8.02. The Morgan fingerprint density at radius 3 is 1.71 bits per heavy atom. The molecule has 2 heterocycles. The number of aliphatic imine (C=N–C) groups is 1. The maximum atomic E-state index is 12.6. The van der Waals surface area contributed by atoms with Gasteiger partial charge in [-0.15, -0.1) is 0 Å². The smallest absolute Gasteiger partial charge is 0.220 e. The van der Waals surface area contributed by atoms with E-state index in [1.165, 1.54) is 0 Å². The first kappa shape index (κ1) is 36.4. The molecule has 0 saturated heterocycles. The quantitative estimate of drug-likeness (QED) is 0.193. The third kappa shape index (κ3) is 10.0. The van der Waals surface area contributed by atoms with Gasteiger partial charge in [-0.25, -0.2) is 4.98 Å². The van der Waals surface area contributed by atoms with Crippen molar-refractivity contribution in [2.24, 2.45) is 27.7 Å². The van der Waals surface area contributed by atoms with Crippen molar-refractivity contribution in [3.63, 3.8) is 0 Å². The van der Waals surface area contributed by atoms with Gasteiger partial charge in [0, 0.05) is 42.3 Å². The first-order chi connectivity index (χ1) is 22.5.